The number of thioether (sulfide) groups is 1. The molecule has 7 nitrogen and oxygen atoms in total. The summed E-state index contributed by atoms with van der Waals surface area (Å²) in [6.07, 6.45) is 7.20. The Bertz CT molecular complexity index is 1150. The SMILES string of the molecule is COc1ccc2c(ccn2CCC(=O)NC(CCSC)c2nnc3ccccn23)c1. The lowest BCUT2D eigenvalue weighted by Gasteiger charge is -2.17. The number of carbonyl (C=O) groups is 1. The molecule has 0 aliphatic heterocycles. The fraction of sp³-hybridized carbons (Fsp3) is 0.318. The van der Waals surface area contributed by atoms with E-state index in [1.54, 1.807) is 18.9 Å². The van der Waals surface area contributed by atoms with Crippen LogP contribution in [-0.2, 0) is 11.3 Å². The van der Waals surface area contributed by atoms with E-state index in [1.165, 1.54) is 0 Å². The lowest BCUT2D eigenvalue weighted by atomic mass is 10.2. The Balaban J connectivity index is 1.45. The van der Waals surface area contributed by atoms with Gasteiger partial charge in [-0.25, -0.2) is 0 Å². The van der Waals surface area contributed by atoms with Crippen molar-refractivity contribution in [3.63, 3.8) is 0 Å². The van der Waals surface area contributed by atoms with E-state index in [1.807, 2.05) is 59.3 Å². The highest BCUT2D eigenvalue weighted by Gasteiger charge is 2.20. The van der Waals surface area contributed by atoms with Crippen LogP contribution in [0.2, 0.25) is 0 Å². The summed E-state index contributed by atoms with van der Waals surface area (Å²) in [6, 6.07) is 13.6. The van der Waals surface area contributed by atoms with Crippen molar-refractivity contribution in [1.29, 1.82) is 0 Å². The van der Waals surface area contributed by atoms with E-state index in [0.29, 0.717) is 13.0 Å². The first-order valence-electron chi connectivity index (χ1n) is 9.90. The monoisotopic (exact) mass is 423 g/mol. The highest BCUT2D eigenvalue weighted by atomic mass is 32.2. The maximum absolute atomic E-state index is 12.8. The summed E-state index contributed by atoms with van der Waals surface area (Å²) in [7, 11) is 1.66. The molecule has 0 aliphatic carbocycles. The van der Waals surface area contributed by atoms with Gasteiger partial charge in [0.15, 0.2) is 11.5 Å². The molecule has 3 heterocycles. The van der Waals surface area contributed by atoms with Gasteiger partial charge >= 0.3 is 0 Å². The number of methoxy groups -OCH3 is 1. The molecule has 156 valence electrons. The second-order valence-corrected chi connectivity index (χ2v) is 8.06. The van der Waals surface area contributed by atoms with Gasteiger partial charge in [-0.05, 0) is 54.8 Å². The van der Waals surface area contributed by atoms with E-state index in [2.05, 4.69) is 26.3 Å². The zero-order chi connectivity index (χ0) is 20.9. The summed E-state index contributed by atoms with van der Waals surface area (Å²) >= 11 is 1.75. The van der Waals surface area contributed by atoms with Crippen LogP contribution in [0.3, 0.4) is 0 Å². The van der Waals surface area contributed by atoms with Gasteiger partial charge < -0.3 is 14.6 Å². The van der Waals surface area contributed by atoms with Crippen LogP contribution in [0, 0.1) is 0 Å². The number of rotatable bonds is 9. The van der Waals surface area contributed by atoms with Gasteiger partial charge in [0, 0.05) is 36.3 Å². The number of aromatic nitrogens is 4. The molecule has 0 radical (unpaired) electrons. The van der Waals surface area contributed by atoms with Crippen molar-refractivity contribution >= 4 is 34.2 Å². The lowest BCUT2D eigenvalue weighted by Crippen LogP contribution is -2.31. The molecular weight excluding hydrogens is 398 g/mol. The number of fused-ring (bicyclic) bond motifs is 2. The van der Waals surface area contributed by atoms with Crippen LogP contribution in [0.5, 0.6) is 5.75 Å². The maximum atomic E-state index is 12.8. The molecule has 1 amide bonds. The summed E-state index contributed by atoms with van der Waals surface area (Å²) in [5, 5.41) is 12.8. The van der Waals surface area contributed by atoms with Gasteiger partial charge in [-0.1, -0.05) is 6.07 Å². The van der Waals surface area contributed by atoms with Crippen LogP contribution >= 0.6 is 11.8 Å². The van der Waals surface area contributed by atoms with Crippen LogP contribution in [0.1, 0.15) is 24.7 Å². The van der Waals surface area contributed by atoms with Gasteiger partial charge in [0.2, 0.25) is 5.91 Å². The van der Waals surface area contributed by atoms with E-state index in [9.17, 15) is 4.79 Å². The van der Waals surface area contributed by atoms with Crippen molar-refractivity contribution < 1.29 is 9.53 Å². The van der Waals surface area contributed by atoms with Crippen molar-refractivity contribution in [3.8, 4) is 5.75 Å². The Morgan fingerprint density at radius 1 is 1.20 bits per heavy atom. The number of hydrogen-bond acceptors (Lipinski definition) is 5. The van der Waals surface area contributed by atoms with Crippen molar-refractivity contribution in [2.45, 2.75) is 25.4 Å². The normalized spacial score (nSPS) is 12.3. The number of hydrogen-bond donors (Lipinski definition) is 1. The molecule has 30 heavy (non-hydrogen) atoms. The van der Waals surface area contributed by atoms with Gasteiger partial charge in [0.05, 0.1) is 13.2 Å². The first-order chi connectivity index (χ1) is 14.7. The molecule has 1 N–H and O–H groups in total. The van der Waals surface area contributed by atoms with Crippen LogP contribution in [-0.4, -0.2) is 44.2 Å². The van der Waals surface area contributed by atoms with Gasteiger partial charge in [-0.15, -0.1) is 10.2 Å². The second-order valence-electron chi connectivity index (χ2n) is 7.07. The third-order valence-electron chi connectivity index (χ3n) is 5.16. The molecule has 3 aromatic heterocycles. The predicted molar refractivity (Wildman–Crippen MR) is 120 cm³/mol. The Morgan fingerprint density at radius 3 is 2.93 bits per heavy atom. The van der Waals surface area contributed by atoms with E-state index < -0.39 is 0 Å². The smallest absolute Gasteiger partial charge is 0.222 e. The number of carbonyl (C=O) groups excluding carboxylic acids is 1. The van der Waals surface area contributed by atoms with Gasteiger partial charge in [0.25, 0.3) is 0 Å². The third-order valence-corrected chi connectivity index (χ3v) is 5.80. The summed E-state index contributed by atoms with van der Waals surface area (Å²) in [6.45, 7) is 0.609. The highest BCUT2D eigenvalue weighted by Crippen LogP contribution is 2.22. The summed E-state index contributed by atoms with van der Waals surface area (Å²) in [5.41, 5.74) is 1.87. The van der Waals surface area contributed by atoms with Gasteiger partial charge in [-0.3, -0.25) is 9.20 Å². The Labute approximate surface area is 179 Å². The molecular formula is C22H25N5O2S. The zero-order valence-electron chi connectivity index (χ0n) is 17.1. The largest absolute Gasteiger partial charge is 0.497 e. The van der Waals surface area contributed by atoms with Crippen LogP contribution in [0.25, 0.3) is 16.6 Å². The minimum absolute atomic E-state index is 0.00384. The van der Waals surface area contributed by atoms with Gasteiger partial charge in [0.1, 0.15) is 5.75 Å². The number of nitrogens with one attached hydrogen (secondary N) is 1. The highest BCUT2D eigenvalue weighted by molar-refractivity contribution is 7.98. The van der Waals surface area contributed by atoms with E-state index in [-0.39, 0.29) is 11.9 Å². The molecule has 0 aliphatic rings. The topological polar surface area (TPSA) is 73.4 Å². The average molecular weight is 424 g/mol. The molecule has 1 unspecified atom stereocenters. The molecule has 4 aromatic rings. The second kappa shape index (κ2) is 9.21. The Kier molecular flexibility index (Phi) is 6.23. The first kappa shape index (κ1) is 20.3. The lowest BCUT2D eigenvalue weighted by molar-refractivity contribution is -0.122. The molecule has 1 aromatic carbocycles. The Morgan fingerprint density at radius 2 is 2.10 bits per heavy atom. The molecule has 8 heteroatoms. The standard InChI is InChI=1S/C22H25N5O2S/c1-29-17-6-7-19-16(15-17)8-12-26(19)13-9-21(28)23-18(10-14-30-2)22-25-24-20-5-3-4-11-27(20)22/h3-8,11-12,15,18H,9-10,13-14H2,1-2H3,(H,23,28). The minimum atomic E-state index is -0.173. The molecule has 0 bridgehead atoms. The Hall–Kier alpha value is -3.00. The van der Waals surface area contributed by atoms with Crippen molar-refractivity contribution in [2.75, 3.05) is 19.1 Å². The molecule has 4 rings (SSSR count). The number of pyridine rings is 1. The van der Waals surface area contributed by atoms with Crippen molar-refractivity contribution in [3.05, 3.63) is 60.7 Å². The van der Waals surface area contributed by atoms with Crippen molar-refractivity contribution in [1.82, 2.24) is 24.5 Å². The molecule has 0 saturated heterocycles. The predicted octanol–water partition coefficient (Wildman–Crippen LogP) is 3.69. The minimum Gasteiger partial charge on any atom is -0.497 e. The number of amides is 1. The average Bonchev–Trinajstić information content (AvgIpc) is 3.38. The van der Waals surface area contributed by atoms with E-state index in [4.69, 9.17) is 4.74 Å². The molecule has 0 fully saturated rings. The molecule has 0 spiro atoms. The number of aryl methyl sites for hydroxylation is 1. The van der Waals surface area contributed by atoms with Gasteiger partial charge in [-0.2, -0.15) is 11.8 Å². The van der Waals surface area contributed by atoms with Crippen LogP contribution in [0.4, 0.5) is 0 Å². The number of nitrogens with zero attached hydrogens (tertiary/aromatic N) is 4. The van der Waals surface area contributed by atoms with Crippen LogP contribution in [0.15, 0.2) is 54.9 Å². The number of ether oxygens (including phenoxy) is 1. The summed E-state index contributed by atoms with van der Waals surface area (Å²) in [5.74, 6) is 2.53. The fourth-order valence-corrected chi connectivity index (χ4v) is 4.06. The van der Waals surface area contributed by atoms with Crippen molar-refractivity contribution in [2.24, 2.45) is 0 Å². The number of benzene rings is 1. The fourth-order valence-electron chi connectivity index (χ4n) is 3.59. The van der Waals surface area contributed by atoms with E-state index in [0.717, 1.165) is 40.3 Å². The summed E-state index contributed by atoms with van der Waals surface area (Å²) in [4.78, 5) is 12.8. The van der Waals surface area contributed by atoms with E-state index >= 15 is 0 Å². The van der Waals surface area contributed by atoms with Crippen LogP contribution < -0.4 is 10.1 Å². The quantitative estimate of drug-likeness (QED) is 0.444. The summed E-state index contributed by atoms with van der Waals surface area (Å²) < 4.78 is 9.32. The third kappa shape index (κ3) is 4.28. The first-order valence-corrected chi connectivity index (χ1v) is 11.3. The maximum Gasteiger partial charge on any atom is 0.222 e. The molecule has 0 saturated carbocycles. The molecule has 1 atom stereocenters. The zero-order valence-corrected chi connectivity index (χ0v) is 17.9.